The number of ether oxygens (including phenoxy) is 2. The molecule has 0 aliphatic carbocycles. The van der Waals surface area contributed by atoms with E-state index in [4.69, 9.17) is 15.2 Å². The standard InChI is InChI=1S/C18H23NO2/c1-11(2)17-13(4)16(10-12(3)18(17)20-5)21-15-8-6-14(19)7-9-15/h6-11H,19H2,1-5H3. The lowest BCUT2D eigenvalue weighted by Gasteiger charge is -2.20. The van der Waals surface area contributed by atoms with Crippen LogP contribution in [0.15, 0.2) is 30.3 Å². The van der Waals surface area contributed by atoms with Gasteiger partial charge in [-0.05, 0) is 61.2 Å². The summed E-state index contributed by atoms with van der Waals surface area (Å²) in [6.45, 7) is 8.44. The van der Waals surface area contributed by atoms with Crippen LogP contribution in [0.5, 0.6) is 17.2 Å². The van der Waals surface area contributed by atoms with E-state index in [1.54, 1.807) is 7.11 Å². The van der Waals surface area contributed by atoms with Crippen molar-refractivity contribution < 1.29 is 9.47 Å². The second-order valence-electron chi connectivity index (χ2n) is 5.59. The smallest absolute Gasteiger partial charge is 0.131 e. The van der Waals surface area contributed by atoms with Gasteiger partial charge in [0.15, 0.2) is 0 Å². The summed E-state index contributed by atoms with van der Waals surface area (Å²) in [4.78, 5) is 0. The molecule has 0 saturated heterocycles. The van der Waals surface area contributed by atoms with Gasteiger partial charge in [-0.15, -0.1) is 0 Å². The fraction of sp³-hybridized carbons (Fsp3) is 0.333. The second kappa shape index (κ2) is 6.08. The van der Waals surface area contributed by atoms with Gasteiger partial charge in [-0.1, -0.05) is 13.8 Å². The Morgan fingerprint density at radius 3 is 2.19 bits per heavy atom. The SMILES string of the molecule is COc1c(C)cc(Oc2ccc(N)cc2)c(C)c1C(C)C. The molecule has 0 bridgehead atoms. The fourth-order valence-electron chi connectivity index (χ4n) is 2.62. The summed E-state index contributed by atoms with van der Waals surface area (Å²) in [5.74, 6) is 2.97. The third-order valence-corrected chi connectivity index (χ3v) is 3.61. The number of nitrogen functional groups attached to an aromatic ring is 1. The summed E-state index contributed by atoms with van der Waals surface area (Å²) < 4.78 is 11.6. The maximum atomic E-state index is 6.02. The Labute approximate surface area is 126 Å². The van der Waals surface area contributed by atoms with Gasteiger partial charge >= 0.3 is 0 Å². The van der Waals surface area contributed by atoms with Crippen molar-refractivity contribution in [2.75, 3.05) is 12.8 Å². The monoisotopic (exact) mass is 285 g/mol. The molecule has 21 heavy (non-hydrogen) atoms. The molecule has 0 fully saturated rings. The van der Waals surface area contributed by atoms with Crippen LogP contribution in [0.25, 0.3) is 0 Å². The average Bonchev–Trinajstić information content (AvgIpc) is 2.44. The Kier molecular flexibility index (Phi) is 4.41. The van der Waals surface area contributed by atoms with Gasteiger partial charge in [-0.25, -0.2) is 0 Å². The molecule has 2 aromatic carbocycles. The number of benzene rings is 2. The third-order valence-electron chi connectivity index (χ3n) is 3.61. The van der Waals surface area contributed by atoms with Crippen molar-refractivity contribution in [1.82, 2.24) is 0 Å². The van der Waals surface area contributed by atoms with Crippen LogP contribution in [0.3, 0.4) is 0 Å². The average molecular weight is 285 g/mol. The summed E-state index contributed by atoms with van der Waals surface area (Å²) in [5.41, 5.74) is 9.83. The van der Waals surface area contributed by atoms with Crippen molar-refractivity contribution in [3.05, 3.63) is 47.0 Å². The zero-order valence-corrected chi connectivity index (χ0v) is 13.4. The predicted octanol–water partition coefficient (Wildman–Crippen LogP) is 4.81. The van der Waals surface area contributed by atoms with Crippen molar-refractivity contribution in [3.8, 4) is 17.2 Å². The van der Waals surface area contributed by atoms with Crippen LogP contribution < -0.4 is 15.2 Å². The number of hydrogen-bond donors (Lipinski definition) is 1. The Morgan fingerprint density at radius 2 is 1.67 bits per heavy atom. The first kappa shape index (κ1) is 15.2. The number of methoxy groups -OCH3 is 1. The first-order valence-corrected chi connectivity index (χ1v) is 7.15. The van der Waals surface area contributed by atoms with E-state index >= 15 is 0 Å². The van der Waals surface area contributed by atoms with Gasteiger partial charge in [0.2, 0.25) is 0 Å². The molecule has 0 aliphatic heterocycles. The summed E-state index contributed by atoms with van der Waals surface area (Å²) >= 11 is 0. The first-order chi connectivity index (χ1) is 9.93. The minimum absolute atomic E-state index is 0.369. The van der Waals surface area contributed by atoms with Gasteiger partial charge in [0.1, 0.15) is 17.2 Å². The van der Waals surface area contributed by atoms with Crippen molar-refractivity contribution in [1.29, 1.82) is 0 Å². The molecule has 0 saturated carbocycles. The second-order valence-corrected chi connectivity index (χ2v) is 5.59. The Hall–Kier alpha value is -2.16. The van der Waals surface area contributed by atoms with Gasteiger partial charge in [0.05, 0.1) is 7.11 Å². The van der Waals surface area contributed by atoms with Crippen LogP contribution in [-0.2, 0) is 0 Å². The van der Waals surface area contributed by atoms with Gasteiger partial charge in [-0.2, -0.15) is 0 Å². The normalized spacial score (nSPS) is 10.8. The van der Waals surface area contributed by atoms with E-state index in [1.807, 2.05) is 37.3 Å². The lowest BCUT2D eigenvalue weighted by molar-refractivity contribution is 0.400. The van der Waals surface area contributed by atoms with E-state index in [0.29, 0.717) is 5.92 Å². The molecule has 3 nitrogen and oxygen atoms in total. The van der Waals surface area contributed by atoms with Gasteiger partial charge in [-0.3, -0.25) is 0 Å². The number of hydrogen-bond acceptors (Lipinski definition) is 3. The highest BCUT2D eigenvalue weighted by atomic mass is 16.5. The Morgan fingerprint density at radius 1 is 1.05 bits per heavy atom. The van der Waals surface area contributed by atoms with E-state index < -0.39 is 0 Å². The lowest BCUT2D eigenvalue weighted by atomic mass is 9.93. The molecule has 0 spiro atoms. The molecule has 0 atom stereocenters. The van der Waals surface area contributed by atoms with Crippen LogP contribution >= 0.6 is 0 Å². The maximum absolute atomic E-state index is 6.02. The number of aryl methyl sites for hydroxylation is 1. The molecule has 112 valence electrons. The number of rotatable bonds is 4. The lowest BCUT2D eigenvalue weighted by Crippen LogP contribution is -2.02. The number of nitrogens with two attached hydrogens (primary N) is 1. The molecule has 0 amide bonds. The van der Waals surface area contributed by atoms with E-state index in [9.17, 15) is 0 Å². The van der Waals surface area contributed by atoms with Crippen LogP contribution in [0.2, 0.25) is 0 Å². The minimum atomic E-state index is 0.369. The molecule has 2 rings (SSSR count). The molecular weight excluding hydrogens is 262 g/mol. The van der Waals surface area contributed by atoms with E-state index in [1.165, 1.54) is 5.56 Å². The molecule has 0 aromatic heterocycles. The minimum Gasteiger partial charge on any atom is -0.496 e. The molecule has 3 heteroatoms. The molecule has 0 aliphatic rings. The fourth-order valence-corrected chi connectivity index (χ4v) is 2.62. The molecule has 2 N–H and O–H groups in total. The molecular formula is C18H23NO2. The van der Waals surface area contributed by atoms with Crippen molar-refractivity contribution in [2.24, 2.45) is 0 Å². The van der Waals surface area contributed by atoms with E-state index in [-0.39, 0.29) is 0 Å². The highest BCUT2D eigenvalue weighted by Crippen LogP contribution is 2.39. The molecule has 0 unspecified atom stereocenters. The zero-order chi connectivity index (χ0) is 15.6. The van der Waals surface area contributed by atoms with E-state index in [2.05, 4.69) is 20.8 Å². The van der Waals surface area contributed by atoms with Crippen molar-refractivity contribution in [3.63, 3.8) is 0 Å². The van der Waals surface area contributed by atoms with Gasteiger partial charge in [0, 0.05) is 11.3 Å². The zero-order valence-electron chi connectivity index (χ0n) is 13.4. The van der Waals surface area contributed by atoms with Crippen LogP contribution in [0.4, 0.5) is 5.69 Å². The topological polar surface area (TPSA) is 44.5 Å². The molecule has 0 radical (unpaired) electrons. The van der Waals surface area contributed by atoms with E-state index in [0.717, 1.165) is 34.1 Å². The van der Waals surface area contributed by atoms with Crippen molar-refractivity contribution in [2.45, 2.75) is 33.6 Å². The Balaban J connectivity index is 2.47. The van der Waals surface area contributed by atoms with Crippen molar-refractivity contribution >= 4 is 5.69 Å². The number of anilines is 1. The van der Waals surface area contributed by atoms with Crippen LogP contribution in [0, 0.1) is 13.8 Å². The molecule has 0 heterocycles. The highest BCUT2D eigenvalue weighted by molar-refractivity contribution is 5.55. The highest BCUT2D eigenvalue weighted by Gasteiger charge is 2.18. The third kappa shape index (κ3) is 3.13. The quantitative estimate of drug-likeness (QED) is 0.820. The molecule has 2 aromatic rings. The maximum Gasteiger partial charge on any atom is 0.131 e. The van der Waals surface area contributed by atoms with Crippen LogP contribution in [-0.4, -0.2) is 7.11 Å². The first-order valence-electron chi connectivity index (χ1n) is 7.15. The summed E-state index contributed by atoms with van der Waals surface area (Å²) in [6.07, 6.45) is 0. The summed E-state index contributed by atoms with van der Waals surface area (Å²) in [6, 6.07) is 9.46. The van der Waals surface area contributed by atoms with Crippen LogP contribution in [0.1, 0.15) is 36.5 Å². The van der Waals surface area contributed by atoms with Gasteiger partial charge < -0.3 is 15.2 Å². The predicted molar refractivity (Wildman–Crippen MR) is 87.5 cm³/mol. The summed E-state index contributed by atoms with van der Waals surface area (Å²) in [7, 11) is 1.72. The van der Waals surface area contributed by atoms with Gasteiger partial charge in [0.25, 0.3) is 0 Å². The summed E-state index contributed by atoms with van der Waals surface area (Å²) in [5, 5.41) is 0. The largest absolute Gasteiger partial charge is 0.496 e. The Bertz CT molecular complexity index is 631.